The molecule has 0 aromatic heterocycles. The molecule has 0 amide bonds. The normalized spacial score (nSPS) is 13.9. The molecule has 2 N–H and O–H groups in total. The van der Waals surface area contributed by atoms with E-state index >= 15 is 0 Å². The van der Waals surface area contributed by atoms with Gasteiger partial charge >= 0.3 is 0 Å². The smallest absolute Gasteiger partial charge is 0.219 e. The average molecular weight is 162 g/mol. The van der Waals surface area contributed by atoms with E-state index in [9.17, 15) is 4.79 Å². The number of aliphatic hydroxyl groups is 1. The Labute approximate surface area is 61.5 Å². The van der Waals surface area contributed by atoms with Crippen molar-refractivity contribution >= 4 is 13.9 Å². The van der Waals surface area contributed by atoms with Gasteiger partial charge in [-0.3, -0.25) is 9.54 Å². The molecule has 10 heavy (non-hydrogen) atoms. The Morgan fingerprint density at radius 2 is 2.50 bits per heavy atom. The number of hydrogen-bond donors (Lipinski definition) is 2. The second-order valence-corrected chi connectivity index (χ2v) is 2.70. The standard InChI is InChI=1S/C5H11N2O2P/c1-6-4(3-8)5(9)10-7-2/h4,6,8H,3H2,1-2H3/t4-/m0/s1. The highest BCUT2D eigenvalue weighted by Crippen LogP contribution is 2.02. The molecule has 0 radical (unpaired) electrons. The predicted molar refractivity (Wildman–Crippen MR) is 40.2 cm³/mol. The predicted octanol–water partition coefficient (Wildman–Crippen LogP) is -0.147. The van der Waals surface area contributed by atoms with Gasteiger partial charge in [0.15, 0.2) is 0 Å². The second-order valence-electron chi connectivity index (χ2n) is 1.66. The molecule has 0 aliphatic rings. The molecule has 0 aromatic carbocycles. The van der Waals surface area contributed by atoms with Crippen LogP contribution in [-0.2, 0) is 4.79 Å². The van der Waals surface area contributed by atoms with Gasteiger partial charge in [-0.1, -0.05) is 0 Å². The van der Waals surface area contributed by atoms with Crippen LogP contribution < -0.4 is 5.32 Å². The lowest BCUT2D eigenvalue weighted by Gasteiger charge is -2.05. The van der Waals surface area contributed by atoms with E-state index in [1.807, 2.05) is 0 Å². The van der Waals surface area contributed by atoms with E-state index < -0.39 is 6.04 Å². The number of carbonyl (C=O) groups excluding carboxylic acids is 1. The summed E-state index contributed by atoms with van der Waals surface area (Å²) in [6, 6.07) is -0.467. The van der Waals surface area contributed by atoms with E-state index in [1.165, 1.54) is 0 Å². The lowest BCUT2D eigenvalue weighted by molar-refractivity contribution is -0.113. The highest BCUT2D eigenvalue weighted by atomic mass is 31.1. The van der Waals surface area contributed by atoms with Crippen molar-refractivity contribution in [2.45, 2.75) is 6.04 Å². The fraction of sp³-hybridized carbons (Fsp3) is 0.800. The maximum atomic E-state index is 10.9. The van der Waals surface area contributed by atoms with Crippen LogP contribution in [0.5, 0.6) is 0 Å². The fourth-order valence-corrected chi connectivity index (χ4v) is 1.01. The third-order valence-electron chi connectivity index (χ3n) is 1.03. The number of nitrogens with zero attached hydrogens (tertiary/aromatic N) is 1. The zero-order valence-electron chi connectivity index (χ0n) is 6.03. The van der Waals surface area contributed by atoms with Gasteiger partial charge in [-0.15, -0.1) is 0 Å². The van der Waals surface area contributed by atoms with Crippen LogP contribution in [0.3, 0.4) is 0 Å². The molecule has 58 valence electrons. The minimum Gasteiger partial charge on any atom is -0.394 e. The summed E-state index contributed by atoms with van der Waals surface area (Å²) in [7, 11) is 3.59. The van der Waals surface area contributed by atoms with Gasteiger partial charge in [-0.05, 0) is 7.05 Å². The van der Waals surface area contributed by atoms with Crippen molar-refractivity contribution in [1.82, 2.24) is 5.32 Å². The first kappa shape index (κ1) is 9.69. The summed E-state index contributed by atoms with van der Waals surface area (Å²) in [6.07, 6.45) is 0. The number of aliphatic hydroxyl groups excluding tert-OH is 1. The monoisotopic (exact) mass is 162 g/mol. The summed E-state index contributed by atoms with van der Waals surface area (Å²) in [5.41, 5.74) is -0.104. The number of likely N-dealkylation sites (N-methyl/N-ethyl adjacent to an activating group) is 1. The van der Waals surface area contributed by atoms with Gasteiger partial charge in [0.2, 0.25) is 5.52 Å². The Hall–Kier alpha value is -0.310. The van der Waals surface area contributed by atoms with Gasteiger partial charge in [-0.2, -0.15) is 0 Å². The molecule has 0 aliphatic heterocycles. The van der Waals surface area contributed by atoms with Gasteiger partial charge in [0, 0.05) is 7.05 Å². The molecule has 0 spiro atoms. The van der Waals surface area contributed by atoms with Crippen LogP contribution in [0, 0.1) is 0 Å². The summed E-state index contributed by atoms with van der Waals surface area (Å²) < 4.78 is 3.62. The van der Waals surface area contributed by atoms with Crippen molar-refractivity contribution in [3.8, 4) is 0 Å². The molecule has 0 rings (SSSR count). The second kappa shape index (κ2) is 5.47. The van der Waals surface area contributed by atoms with E-state index in [4.69, 9.17) is 5.11 Å². The first-order valence-electron chi connectivity index (χ1n) is 2.88. The highest BCUT2D eigenvalue weighted by molar-refractivity contribution is 7.48. The molecule has 0 bridgehead atoms. The van der Waals surface area contributed by atoms with Gasteiger partial charge in [0.05, 0.1) is 21.0 Å². The zero-order chi connectivity index (χ0) is 7.98. The summed E-state index contributed by atoms with van der Waals surface area (Å²) >= 11 is 0. The first-order valence-corrected chi connectivity index (χ1v) is 3.72. The van der Waals surface area contributed by atoms with E-state index in [2.05, 4.69) is 10.1 Å². The molecule has 0 saturated heterocycles. The SMILES string of the molecule is CN=PC(=O)[C@H](CO)NC. The topological polar surface area (TPSA) is 61.7 Å². The summed E-state index contributed by atoms with van der Waals surface area (Å²) in [4.78, 5) is 10.9. The lowest BCUT2D eigenvalue weighted by Crippen LogP contribution is -2.34. The van der Waals surface area contributed by atoms with Crippen LogP contribution >= 0.6 is 8.37 Å². The molecule has 0 heterocycles. The fourth-order valence-electron chi connectivity index (χ4n) is 0.461. The molecule has 0 unspecified atom stereocenters. The summed E-state index contributed by atoms with van der Waals surface area (Å²) in [5, 5.41) is 11.3. The Kier molecular flexibility index (Phi) is 5.30. The maximum absolute atomic E-state index is 10.9. The van der Waals surface area contributed by atoms with E-state index in [0.29, 0.717) is 8.37 Å². The average Bonchev–Trinajstić information content (AvgIpc) is 1.91. The van der Waals surface area contributed by atoms with Crippen LogP contribution in [0.4, 0.5) is 0 Å². The van der Waals surface area contributed by atoms with Crippen LogP contribution in [-0.4, -0.2) is 37.4 Å². The van der Waals surface area contributed by atoms with Crippen molar-refractivity contribution in [2.24, 2.45) is 4.74 Å². The maximum Gasteiger partial charge on any atom is 0.219 e. The molecular weight excluding hydrogens is 151 g/mol. The Bertz CT molecular complexity index is 134. The molecule has 0 aliphatic carbocycles. The highest BCUT2D eigenvalue weighted by Gasteiger charge is 2.12. The van der Waals surface area contributed by atoms with Gasteiger partial charge < -0.3 is 10.4 Å². The van der Waals surface area contributed by atoms with Crippen molar-refractivity contribution in [1.29, 1.82) is 0 Å². The van der Waals surface area contributed by atoms with E-state index in [-0.39, 0.29) is 12.1 Å². The molecular formula is C5H11N2O2P. The van der Waals surface area contributed by atoms with Crippen LogP contribution in [0.15, 0.2) is 4.74 Å². The number of carbonyl (C=O) groups is 1. The Balaban J connectivity index is 3.89. The molecule has 0 aromatic rings. The van der Waals surface area contributed by atoms with Gasteiger partial charge in [-0.25, -0.2) is 0 Å². The summed E-state index contributed by atoms with van der Waals surface area (Å²) in [6.45, 7) is -0.169. The van der Waals surface area contributed by atoms with Crippen LogP contribution in [0.1, 0.15) is 0 Å². The van der Waals surface area contributed by atoms with Crippen LogP contribution in [0.2, 0.25) is 0 Å². The van der Waals surface area contributed by atoms with E-state index in [0.717, 1.165) is 0 Å². The number of hydrogen-bond acceptors (Lipinski definition) is 4. The van der Waals surface area contributed by atoms with Gasteiger partial charge in [0.25, 0.3) is 0 Å². The van der Waals surface area contributed by atoms with E-state index in [1.54, 1.807) is 14.1 Å². The largest absolute Gasteiger partial charge is 0.394 e. The number of rotatable bonds is 4. The third-order valence-corrected chi connectivity index (χ3v) is 1.74. The van der Waals surface area contributed by atoms with Crippen molar-refractivity contribution < 1.29 is 9.90 Å². The molecule has 4 nitrogen and oxygen atoms in total. The molecule has 0 saturated carbocycles. The summed E-state index contributed by atoms with van der Waals surface area (Å²) in [5.74, 6) is 0. The third kappa shape index (κ3) is 3.01. The minimum absolute atomic E-state index is 0.104. The Morgan fingerprint density at radius 3 is 2.80 bits per heavy atom. The number of nitrogens with one attached hydrogen (secondary N) is 1. The van der Waals surface area contributed by atoms with Crippen molar-refractivity contribution in [3.05, 3.63) is 0 Å². The zero-order valence-corrected chi connectivity index (χ0v) is 6.93. The van der Waals surface area contributed by atoms with Crippen LogP contribution in [0.25, 0.3) is 0 Å². The Morgan fingerprint density at radius 1 is 1.90 bits per heavy atom. The van der Waals surface area contributed by atoms with Crippen molar-refractivity contribution in [3.63, 3.8) is 0 Å². The van der Waals surface area contributed by atoms with Gasteiger partial charge in [0.1, 0.15) is 0 Å². The minimum atomic E-state index is -0.467. The van der Waals surface area contributed by atoms with Crippen molar-refractivity contribution in [2.75, 3.05) is 20.7 Å². The quantitative estimate of drug-likeness (QED) is 0.565. The molecule has 1 atom stereocenters. The first-order chi connectivity index (χ1) is 4.76. The molecule has 0 fully saturated rings. The lowest BCUT2D eigenvalue weighted by atomic mass is 10.4. The molecule has 5 heteroatoms.